The van der Waals surface area contributed by atoms with Crippen molar-refractivity contribution in [3.63, 3.8) is 0 Å². The van der Waals surface area contributed by atoms with E-state index in [1.165, 1.54) is 0 Å². The van der Waals surface area contributed by atoms with E-state index in [0.717, 1.165) is 11.3 Å². The van der Waals surface area contributed by atoms with Crippen LogP contribution in [-0.2, 0) is 20.9 Å². The molecule has 1 aromatic rings. The molecular weight excluding hydrogens is 242 g/mol. The predicted molar refractivity (Wildman–Crippen MR) is 74.2 cm³/mol. The first-order valence-electron chi connectivity index (χ1n) is 6.57. The zero-order valence-corrected chi connectivity index (χ0v) is 11.8. The Morgan fingerprint density at radius 2 is 1.95 bits per heavy atom. The molecule has 4 nitrogen and oxygen atoms in total. The molecule has 0 bridgehead atoms. The Kier molecular flexibility index (Phi) is 4.22. The van der Waals surface area contributed by atoms with E-state index in [1.54, 1.807) is 4.90 Å². The molecule has 4 heteroatoms. The van der Waals surface area contributed by atoms with Gasteiger partial charge in [-0.25, -0.2) is 0 Å². The summed E-state index contributed by atoms with van der Waals surface area (Å²) in [6.07, 6.45) is 0. The maximum Gasteiger partial charge on any atom is 0.253 e. The second-order valence-electron chi connectivity index (χ2n) is 5.67. The van der Waals surface area contributed by atoms with Crippen LogP contribution in [-0.4, -0.2) is 31.3 Å². The van der Waals surface area contributed by atoms with Crippen molar-refractivity contribution in [3.05, 3.63) is 29.8 Å². The first kappa shape index (κ1) is 14.0. The molecule has 0 N–H and O–H groups in total. The number of benzene rings is 1. The normalized spacial score (nSPS) is 16.8. The van der Waals surface area contributed by atoms with Gasteiger partial charge >= 0.3 is 0 Å². The van der Waals surface area contributed by atoms with Gasteiger partial charge in [-0.05, 0) is 38.5 Å². The largest absolute Gasteiger partial charge is 0.371 e. The second kappa shape index (κ2) is 5.72. The van der Waals surface area contributed by atoms with Crippen molar-refractivity contribution in [3.8, 4) is 0 Å². The quantitative estimate of drug-likeness (QED) is 0.840. The zero-order valence-electron chi connectivity index (χ0n) is 11.8. The van der Waals surface area contributed by atoms with E-state index >= 15 is 0 Å². The molecule has 0 aromatic heterocycles. The Morgan fingerprint density at radius 1 is 1.26 bits per heavy atom. The third kappa shape index (κ3) is 4.04. The Hall–Kier alpha value is -1.39. The number of hydrogen-bond acceptors (Lipinski definition) is 3. The number of carbonyl (C=O) groups excluding carboxylic acids is 1. The molecule has 0 unspecified atom stereocenters. The maximum atomic E-state index is 11.7. The maximum absolute atomic E-state index is 11.7. The molecule has 1 heterocycles. The molecular formula is C15H21NO3. The topological polar surface area (TPSA) is 38.8 Å². The molecule has 0 saturated carbocycles. The van der Waals surface area contributed by atoms with Crippen molar-refractivity contribution in [1.29, 1.82) is 0 Å². The summed E-state index contributed by atoms with van der Waals surface area (Å²) in [6.45, 7) is 8.09. The van der Waals surface area contributed by atoms with Crippen LogP contribution in [0.15, 0.2) is 24.3 Å². The SMILES string of the molecule is CC(C)(C)OCc1ccc(N2CCOCC2=O)cc1. The van der Waals surface area contributed by atoms with Gasteiger partial charge in [-0.15, -0.1) is 0 Å². The fraction of sp³-hybridized carbons (Fsp3) is 0.533. The van der Waals surface area contributed by atoms with E-state index in [1.807, 2.05) is 45.0 Å². The van der Waals surface area contributed by atoms with E-state index in [-0.39, 0.29) is 18.1 Å². The van der Waals surface area contributed by atoms with Crippen molar-refractivity contribution in [1.82, 2.24) is 0 Å². The van der Waals surface area contributed by atoms with Crippen LogP contribution >= 0.6 is 0 Å². The van der Waals surface area contributed by atoms with Crippen LogP contribution in [0, 0.1) is 0 Å². The number of rotatable bonds is 3. The standard InChI is InChI=1S/C15H21NO3/c1-15(2,3)19-10-12-4-6-13(7-5-12)16-8-9-18-11-14(16)17/h4-7H,8-11H2,1-3H3. The lowest BCUT2D eigenvalue weighted by Gasteiger charge is -2.27. The van der Waals surface area contributed by atoms with E-state index in [9.17, 15) is 4.79 Å². The summed E-state index contributed by atoms with van der Waals surface area (Å²) in [5.74, 6) is 0.0185. The Labute approximate surface area is 114 Å². The molecule has 2 rings (SSSR count). The summed E-state index contributed by atoms with van der Waals surface area (Å²) in [7, 11) is 0. The van der Waals surface area contributed by atoms with Crippen LogP contribution in [0.2, 0.25) is 0 Å². The van der Waals surface area contributed by atoms with Gasteiger partial charge in [0.25, 0.3) is 5.91 Å². The van der Waals surface area contributed by atoms with Crippen LogP contribution in [0.1, 0.15) is 26.3 Å². The fourth-order valence-electron chi connectivity index (χ4n) is 1.86. The highest BCUT2D eigenvalue weighted by molar-refractivity contribution is 5.94. The molecule has 19 heavy (non-hydrogen) atoms. The molecule has 104 valence electrons. The molecule has 0 aliphatic carbocycles. The van der Waals surface area contributed by atoms with Crippen LogP contribution in [0.5, 0.6) is 0 Å². The number of amides is 1. The third-order valence-electron chi connectivity index (χ3n) is 2.91. The fourth-order valence-corrected chi connectivity index (χ4v) is 1.86. The van der Waals surface area contributed by atoms with Crippen molar-refractivity contribution in [2.24, 2.45) is 0 Å². The monoisotopic (exact) mass is 263 g/mol. The van der Waals surface area contributed by atoms with Crippen LogP contribution in [0.25, 0.3) is 0 Å². The molecule has 0 spiro atoms. The summed E-state index contributed by atoms with van der Waals surface area (Å²) in [5, 5.41) is 0. The minimum absolute atomic E-state index is 0.0185. The predicted octanol–water partition coefficient (Wildman–Crippen LogP) is 2.36. The van der Waals surface area contributed by atoms with Crippen LogP contribution in [0.4, 0.5) is 5.69 Å². The lowest BCUT2D eigenvalue weighted by Crippen LogP contribution is -2.41. The van der Waals surface area contributed by atoms with Gasteiger partial charge in [-0.3, -0.25) is 4.79 Å². The van der Waals surface area contributed by atoms with E-state index in [4.69, 9.17) is 9.47 Å². The van der Waals surface area contributed by atoms with E-state index < -0.39 is 0 Å². The molecule has 1 amide bonds. The summed E-state index contributed by atoms with van der Waals surface area (Å²) in [4.78, 5) is 13.5. The van der Waals surface area contributed by atoms with Gasteiger partial charge in [0.1, 0.15) is 6.61 Å². The smallest absolute Gasteiger partial charge is 0.253 e. The molecule has 1 fully saturated rings. The number of carbonyl (C=O) groups is 1. The molecule has 0 radical (unpaired) electrons. The minimum Gasteiger partial charge on any atom is -0.371 e. The number of morpholine rings is 1. The van der Waals surface area contributed by atoms with E-state index in [2.05, 4.69) is 0 Å². The number of ether oxygens (including phenoxy) is 2. The zero-order chi connectivity index (χ0) is 13.9. The molecule has 1 aromatic carbocycles. The van der Waals surface area contributed by atoms with Gasteiger partial charge in [-0.1, -0.05) is 12.1 Å². The van der Waals surface area contributed by atoms with Gasteiger partial charge < -0.3 is 14.4 Å². The third-order valence-corrected chi connectivity index (χ3v) is 2.91. The summed E-state index contributed by atoms with van der Waals surface area (Å²) in [6, 6.07) is 7.93. The average Bonchev–Trinajstić information content (AvgIpc) is 2.37. The first-order chi connectivity index (χ1) is 8.96. The second-order valence-corrected chi connectivity index (χ2v) is 5.67. The molecule has 1 saturated heterocycles. The first-order valence-corrected chi connectivity index (χ1v) is 6.57. The van der Waals surface area contributed by atoms with Crippen LogP contribution < -0.4 is 4.90 Å². The van der Waals surface area contributed by atoms with Crippen molar-refractivity contribution in [2.45, 2.75) is 33.0 Å². The minimum atomic E-state index is -0.140. The molecule has 1 aliphatic rings. The van der Waals surface area contributed by atoms with Gasteiger partial charge in [-0.2, -0.15) is 0 Å². The Balaban J connectivity index is 1.99. The number of hydrogen-bond donors (Lipinski definition) is 0. The average molecular weight is 263 g/mol. The Morgan fingerprint density at radius 3 is 2.53 bits per heavy atom. The number of nitrogens with zero attached hydrogens (tertiary/aromatic N) is 1. The molecule has 1 aliphatic heterocycles. The highest BCUT2D eigenvalue weighted by atomic mass is 16.5. The number of anilines is 1. The lowest BCUT2D eigenvalue weighted by molar-refractivity contribution is -0.125. The van der Waals surface area contributed by atoms with Gasteiger partial charge in [0.15, 0.2) is 0 Å². The van der Waals surface area contributed by atoms with Crippen molar-refractivity contribution < 1.29 is 14.3 Å². The van der Waals surface area contributed by atoms with Crippen molar-refractivity contribution >= 4 is 11.6 Å². The van der Waals surface area contributed by atoms with Gasteiger partial charge in [0, 0.05) is 12.2 Å². The summed E-state index contributed by atoms with van der Waals surface area (Å²) >= 11 is 0. The summed E-state index contributed by atoms with van der Waals surface area (Å²) < 4.78 is 10.8. The molecule has 0 atom stereocenters. The highest BCUT2D eigenvalue weighted by Crippen LogP contribution is 2.19. The van der Waals surface area contributed by atoms with Gasteiger partial charge in [0.2, 0.25) is 0 Å². The highest BCUT2D eigenvalue weighted by Gasteiger charge is 2.19. The lowest BCUT2D eigenvalue weighted by atomic mass is 10.1. The van der Waals surface area contributed by atoms with Crippen LogP contribution in [0.3, 0.4) is 0 Å². The summed E-state index contributed by atoms with van der Waals surface area (Å²) in [5.41, 5.74) is 1.89. The Bertz CT molecular complexity index is 434. The van der Waals surface area contributed by atoms with E-state index in [0.29, 0.717) is 19.8 Å². The van der Waals surface area contributed by atoms with Crippen molar-refractivity contribution in [2.75, 3.05) is 24.7 Å². The van der Waals surface area contributed by atoms with Gasteiger partial charge in [0.05, 0.1) is 18.8 Å².